The third kappa shape index (κ3) is 7.99. The Morgan fingerprint density at radius 3 is 1.37 bits per heavy atom. The first kappa shape index (κ1) is 21.2. The van der Waals surface area contributed by atoms with E-state index in [1.54, 1.807) is 21.3 Å². The summed E-state index contributed by atoms with van der Waals surface area (Å²) in [6, 6.07) is 16.1. The molecular formula is C22H30O5. The minimum absolute atomic E-state index is 0.147. The van der Waals surface area contributed by atoms with Crippen molar-refractivity contribution in [2.24, 2.45) is 0 Å². The van der Waals surface area contributed by atoms with Crippen LogP contribution in [0.25, 0.3) is 0 Å². The molecular weight excluding hydrogens is 344 g/mol. The molecule has 0 fully saturated rings. The van der Waals surface area contributed by atoms with Crippen LogP contribution in [0.5, 0.6) is 11.5 Å². The molecule has 5 nitrogen and oxygen atoms in total. The summed E-state index contributed by atoms with van der Waals surface area (Å²) in [7, 11) is 5.08. The molecule has 2 aromatic carbocycles. The lowest BCUT2D eigenvalue weighted by Gasteiger charge is -2.17. The molecule has 0 aliphatic carbocycles. The Morgan fingerprint density at radius 1 is 0.630 bits per heavy atom. The fraction of sp³-hybridized carbons (Fsp3) is 0.455. The molecule has 0 aliphatic rings. The van der Waals surface area contributed by atoms with Crippen molar-refractivity contribution >= 4 is 0 Å². The maximum absolute atomic E-state index is 5.82. The van der Waals surface area contributed by atoms with E-state index in [-0.39, 0.29) is 6.10 Å². The van der Waals surface area contributed by atoms with Gasteiger partial charge in [0.1, 0.15) is 30.8 Å². The monoisotopic (exact) mass is 374 g/mol. The predicted molar refractivity (Wildman–Crippen MR) is 106 cm³/mol. The van der Waals surface area contributed by atoms with E-state index in [1.165, 1.54) is 11.1 Å². The van der Waals surface area contributed by atoms with E-state index in [4.69, 9.17) is 23.7 Å². The molecule has 0 N–H and O–H groups in total. The van der Waals surface area contributed by atoms with Crippen LogP contribution < -0.4 is 9.47 Å². The van der Waals surface area contributed by atoms with E-state index in [1.807, 2.05) is 24.3 Å². The average Bonchev–Trinajstić information content (AvgIpc) is 2.72. The van der Waals surface area contributed by atoms with E-state index < -0.39 is 0 Å². The quantitative estimate of drug-likeness (QED) is 0.537. The summed E-state index contributed by atoms with van der Waals surface area (Å²) < 4.78 is 27.3. The van der Waals surface area contributed by atoms with Gasteiger partial charge in [-0.1, -0.05) is 24.3 Å². The van der Waals surface area contributed by atoms with Crippen LogP contribution in [0.3, 0.4) is 0 Å². The number of hydrogen-bond donors (Lipinski definition) is 0. The van der Waals surface area contributed by atoms with Gasteiger partial charge in [-0.25, -0.2) is 0 Å². The fourth-order valence-corrected chi connectivity index (χ4v) is 2.51. The number of hydrogen-bond acceptors (Lipinski definition) is 5. The van der Waals surface area contributed by atoms with Crippen molar-refractivity contribution < 1.29 is 23.7 Å². The second kappa shape index (κ2) is 12.3. The van der Waals surface area contributed by atoms with Crippen LogP contribution in [0.2, 0.25) is 0 Å². The average molecular weight is 374 g/mol. The van der Waals surface area contributed by atoms with Gasteiger partial charge >= 0.3 is 0 Å². The van der Waals surface area contributed by atoms with Crippen molar-refractivity contribution in [3.8, 4) is 11.5 Å². The zero-order valence-corrected chi connectivity index (χ0v) is 16.5. The van der Waals surface area contributed by atoms with Gasteiger partial charge in [0.25, 0.3) is 0 Å². The van der Waals surface area contributed by atoms with Gasteiger partial charge in [0.2, 0.25) is 0 Å². The van der Waals surface area contributed by atoms with Crippen molar-refractivity contribution in [2.75, 3.05) is 47.8 Å². The Balaban J connectivity index is 1.74. The first-order chi connectivity index (χ1) is 13.2. The Morgan fingerprint density at radius 2 is 1.04 bits per heavy atom. The van der Waals surface area contributed by atoms with Gasteiger partial charge in [-0.3, -0.25) is 0 Å². The minimum Gasteiger partial charge on any atom is -0.491 e. The van der Waals surface area contributed by atoms with Gasteiger partial charge in [-0.15, -0.1) is 0 Å². The van der Waals surface area contributed by atoms with E-state index in [9.17, 15) is 0 Å². The highest BCUT2D eigenvalue weighted by atomic mass is 16.6. The second-order valence-corrected chi connectivity index (χ2v) is 6.25. The SMILES string of the molecule is COCCc1ccc(OCC(COc2ccc(CCOC)cc2)OC)cc1. The van der Waals surface area contributed by atoms with Gasteiger partial charge in [0, 0.05) is 21.3 Å². The molecule has 148 valence electrons. The smallest absolute Gasteiger partial charge is 0.125 e. The maximum Gasteiger partial charge on any atom is 0.125 e. The standard InChI is InChI=1S/C22H30O5/c1-23-14-12-18-4-8-20(9-5-18)26-16-22(25-3)17-27-21-10-6-19(7-11-21)13-15-24-2/h4-11,22H,12-17H2,1-3H3. The van der Waals surface area contributed by atoms with Crippen molar-refractivity contribution in [3.63, 3.8) is 0 Å². The molecule has 0 amide bonds. The van der Waals surface area contributed by atoms with E-state index in [0.717, 1.165) is 37.6 Å². The summed E-state index contributed by atoms with van der Waals surface area (Å²) >= 11 is 0. The van der Waals surface area contributed by atoms with Gasteiger partial charge < -0.3 is 23.7 Å². The Kier molecular flexibility index (Phi) is 9.69. The molecule has 0 aromatic heterocycles. The van der Waals surface area contributed by atoms with Gasteiger partial charge in [-0.05, 0) is 48.2 Å². The van der Waals surface area contributed by atoms with Crippen LogP contribution in [-0.4, -0.2) is 53.9 Å². The molecule has 0 bridgehead atoms. The maximum atomic E-state index is 5.82. The molecule has 0 saturated carbocycles. The molecule has 0 heterocycles. The first-order valence-electron chi connectivity index (χ1n) is 9.19. The van der Waals surface area contributed by atoms with Gasteiger partial charge in [0.15, 0.2) is 0 Å². The molecule has 2 rings (SSSR count). The zero-order valence-electron chi connectivity index (χ0n) is 16.5. The topological polar surface area (TPSA) is 46.2 Å². The molecule has 27 heavy (non-hydrogen) atoms. The van der Waals surface area contributed by atoms with Crippen LogP contribution >= 0.6 is 0 Å². The Labute approximate surface area is 162 Å². The van der Waals surface area contributed by atoms with E-state index in [2.05, 4.69) is 24.3 Å². The summed E-state index contributed by atoms with van der Waals surface area (Å²) in [5.74, 6) is 1.64. The molecule has 0 atom stereocenters. The van der Waals surface area contributed by atoms with Crippen LogP contribution in [0, 0.1) is 0 Å². The largest absolute Gasteiger partial charge is 0.491 e. The fourth-order valence-electron chi connectivity index (χ4n) is 2.51. The highest BCUT2D eigenvalue weighted by Gasteiger charge is 2.10. The van der Waals surface area contributed by atoms with Gasteiger partial charge in [-0.2, -0.15) is 0 Å². The van der Waals surface area contributed by atoms with Gasteiger partial charge in [0.05, 0.1) is 13.2 Å². The third-order valence-corrected chi connectivity index (χ3v) is 4.24. The van der Waals surface area contributed by atoms with Crippen molar-refractivity contribution in [1.82, 2.24) is 0 Å². The molecule has 0 saturated heterocycles. The molecule has 0 aliphatic heterocycles. The van der Waals surface area contributed by atoms with E-state index >= 15 is 0 Å². The first-order valence-corrected chi connectivity index (χ1v) is 9.19. The third-order valence-electron chi connectivity index (χ3n) is 4.24. The summed E-state index contributed by atoms with van der Waals surface area (Å²) in [4.78, 5) is 0. The van der Waals surface area contributed by atoms with Crippen molar-refractivity contribution in [3.05, 3.63) is 59.7 Å². The molecule has 0 unspecified atom stereocenters. The summed E-state index contributed by atoms with van der Waals surface area (Å²) in [5, 5.41) is 0. The summed E-state index contributed by atoms with van der Waals surface area (Å²) in [6.07, 6.45) is 1.65. The lowest BCUT2D eigenvalue weighted by molar-refractivity contribution is 0.0237. The molecule has 5 heteroatoms. The van der Waals surface area contributed by atoms with Crippen LogP contribution in [0.4, 0.5) is 0 Å². The Hall–Kier alpha value is -2.08. The number of rotatable bonds is 13. The van der Waals surface area contributed by atoms with Crippen LogP contribution in [0.15, 0.2) is 48.5 Å². The highest BCUT2D eigenvalue weighted by molar-refractivity contribution is 5.28. The second-order valence-electron chi connectivity index (χ2n) is 6.25. The number of benzene rings is 2. The normalized spacial score (nSPS) is 11.0. The number of methoxy groups -OCH3 is 3. The summed E-state index contributed by atoms with van der Waals surface area (Å²) in [5.41, 5.74) is 2.45. The lowest BCUT2D eigenvalue weighted by atomic mass is 10.1. The predicted octanol–water partition coefficient (Wildman–Crippen LogP) is 3.54. The summed E-state index contributed by atoms with van der Waals surface area (Å²) in [6.45, 7) is 2.30. The zero-order chi connectivity index (χ0) is 19.3. The highest BCUT2D eigenvalue weighted by Crippen LogP contribution is 2.15. The Bertz CT molecular complexity index is 569. The van der Waals surface area contributed by atoms with E-state index in [0.29, 0.717) is 13.2 Å². The number of ether oxygens (including phenoxy) is 5. The van der Waals surface area contributed by atoms with Crippen LogP contribution in [0.1, 0.15) is 11.1 Å². The van der Waals surface area contributed by atoms with Crippen molar-refractivity contribution in [1.29, 1.82) is 0 Å². The van der Waals surface area contributed by atoms with Crippen LogP contribution in [-0.2, 0) is 27.1 Å². The lowest BCUT2D eigenvalue weighted by Crippen LogP contribution is -2.27. The van der Waals surface area contributed by atoms with Crippen molar-refractivity contribution in [2.45, 2.75) is 18.9 Å². The minimum atomic E-state index is -0.147. The molecule has 2 aromatic rings. The molecule has 0 spiro atoms. The molecule has 0 radical (unpaired) electrons.